The Hall–Kier alpha value is -2.17. The Kier molecular flexibility index (Phi) is 2.00. The van der Waals surface area contributed by atoms with E-state index in [4.69, 9.17) is 0 Å². The topological polar surface area (TPSA) is 70.2 Å². The van der Waals surface area contributed by atoms with E-state index in [1.165, 1.54) is 12.1 Å². The second kappa shape index (κ2) is 3.20. The van der Waals surface area contributed by atoms with Crippen molar-refractivity contribution in [1.82, 2.24) is 4.98 Å². The van der Waals surface area contributed by atoms with Crippen molar-refractivity contribution in [3.8, 4) is 5.75 Å². The van der Waals surface area contributed by atoms with Crippen LogP contribution in [0.25, 0.3) is 10.9 Å². The van der Waals surface area contributed by atoms with Crippen LogP contribution in [0.1, 0.15) is 0 Å². The second-order valence-corrected chi connectivity index (χ2v) is 3.04. The lowest BCUT2D eigenvalue weighted by molar-refractivity contribution is 0.470. The van der Waals surface area contributed by atoms with Crippen LogP contribution < -0.4 is 11.0 Å². The highest BCUT2D eigenvalue weighted by Gasteiger charge is 2.02. The highest BCUT2D eigenvalue weighted by Crippen LogP contribution is 2.12. The van der Waals surface area contributed by atoms with Gasteiger partial charge in [0.2, 0.25) is 0 Å². The van der Waals surface area contributed by atoms with E-state index in [1.54, 1.807) is 0 Å². The fraction of sp³-hybridized carbons (Fsp3) is 0. The lowest BCUT2D eigenvalue weighted by Gasteiger charge is -1.91. The van der Waals surface area contributed by atoms with Gasteiger partial charge in [0.05, 0.1) is 5.52 Å². The summed E-state index contributed by atoms with van der Waals surface area (Å²) in [7, 11) is 0. The van der Waals surface area contributed by atoms with Gasteiger partial charge in [0.15, 0.2) is 5.75 Å². The molecule has 15 heavy (non-hydrogen) atoms. The number of aromatic nitrogens is 1. The van der Waals surface area contributed by atoms with Crippen LogP contribution in [0.2, 0.25) is 0 Å². The molecule has 0 aliphatic rings. The summed E-state index contributed by atoms with van der Waals surface area (Å²) in [6.07, 6.45) is 0. The number of aromatic hydroxyl groups is 1. The Bertz CT molecular complexity index is 648. The van der Waals surface area contributed by atoms with E-state index in [1.807, 2.05) is 0 Å². The average molecular weight is 207 g/mol. The van der Waals surface area contributed by atoms with Crippen LogP contribution in [0.15, 0.2) is 33.9 Å². The molecule has 1 heterocycles. The molecule has 2 N–H and O–H groups in total. The first-order valence-electron chi connectivity index (χ1n) is 4.14. The first-order chi connectivity index (χ1) is 7.08. The quantitative estimate of drug-likeness (QED) is 0.626. The number of rotatable bonds is 0. The third-order valence-electron chi connectivity index (χ3n) is 1.99. The fourth-order valence-corrected chi connectivity index (χ4v) is 1.27. The Balaban J connectivity index is 3.06. The SMILES string of the molecule is O=c1[nH]c2cc(F)ccc2cc(O)c1=O. The van der Waals surface area contributed by atoms with Gasteiger partial charge in [-0.15, -0.1) is 0 Å². The molecule has 0 aliphatic heterocycles. The van der Waals surface area contributed by atoms with E-state index < -0.39 is 22.6 Å². The number of hydrogen-bond acceptors (Lipinski definition) is 3. The first kappa shape index (κ1) is 9.39. The number of benzene rings is 1. The minimum absolute atomic E-state index is 0.164. The molecule has 5 heteroatoms. The molecular weight excluding hydrogens is 201 g/mol. The molecule has 2 aromatic rings. The monoisotopic (exact) mass is 207 g/mol. The molecule has 0 unspecified atom stereocenters. The second-order valence-electron chi connectivity index (χ2n) is 3.04. The van der Waals surface area contributed by atoms with Crippen LogP contribution in [0.3, 0.4) is 0 Å². The molecule has 0 radical (unpaired) electrons. The largest absolute Gasteiger partial charge is 0.504 e. The maximum atomic E-state index is 12.8. The van der Waals surface area contributed by atoms with Gasteiger partial charge in [-0.25, -0.2) is 4.39 Å². The maximum absolute atomic E-state index is 12.8. The van der Waals surface area contributed by atoms with Gasteiger partial charge >= 0.3 is 0 Å². The van der Waals surface area contributed by atoms with Crippen LogP contribution in [0.4, 0.5) is 4.39 Å². The third-order valence-corrected chi connectivity index (χ3v) is 1.99. The zero-order chi connectivity index (χ0) is 11.0. The highest BCUT2D eigenvalue weighted by atomic mass is 19.1. The van der Waals surface area contributed by atoms with Gasteiger partial charge in [-0.05, 0) is 24.3 Å². The molecule has 1 aromatic heterocycles. The molecule has 0 bridgehead atoms. The van der Waals surface area contributed by atoms with Crippen molar-refractivity contribution in [1.29, 1.82) is 0 Å². The number of halogens is 1. The Morgan fingerprint density at radius 2 is 1.93 bits per heavy atom. The van der Waals surface area contributed by atoms with Crippen molar-refractivity contribution < 1.29 is 9.50 Å². The molecule has 1 aromatic carbocycles. The molecule has 4 nitrogen and oxygen atoms in total. The van der Waals surface area contributed by atoms with Crippen molar-refractivity contribution in [2.24, 2.45) is 0 Å². The molecule has 0 aliphatic carbocycles. The van der Waals surface area contributed by atoms with Crippen molar-refractivity contribution in [2.75, 3.05) is 0 Å². The van der Waals surface area contributed by atoms with Crippen molar-refractivity contribution in [3.05, 3.63) is 50.7 Å². The van der Waals surface area contributed by atoms with Gasteiger partial charge in [0.1, 0.15) is 5.82 Å². The van der Waals surface area contributed by atoms with Crippen LogP contribution in [-0.2, 0) is 0 Å². The molecule has 76 valence electrons. The van der Waals surface area contributed by atoms with Gasteiger partial charge in [-0.3, -0.25) is 9.59 Å². The van der Waals surface area contributed by atoms with E-state index in [0.29, 0.717) is 5.39 Å². The standard InChI is InChI=1S/C10H6FNO3/c11-6-2-1-5-3-8(13)9(14)10(15)12-7(5)4-6/h1-4H,(H2,12,13,14,15). The van der Waals surface area contributed by atoms with E-state index >= 15 is 0 Å². The van der Waals surface area contributed by atoms with Gasteiger partial charge < -0.3 is 10.1 Å². The first-order valence-corrected chi connectivity index (χ1v) is 4.14. The van der Waals surface area contributed by atoms with E-state index in [-0.39, 0.29) is 5.52 Å². The summed E-state index contributed by atoms with van der Waals surface area (Å²) in [6, 6.07) is 4.73. The smallest absolute Gasteiger partial charge is 0.300 e. The van der Waals surface area contributed by atoms with Crippen molar-refractivity contribution >= 4 is 10.9 Å². The molecule has 0 amide bonds. The lowest BCUT2D eigenvalue weighted by Crippen LogP contribution is -2.22. The van der Waals surface area contributed by atoms with Gasteiger partial charge in [-0.1, -0.05) is 0 Å². The van der Waals surface area contributed by atoms with Crippen LogP contribution >= 0.6 is 0 Å². The summed E-state index contributed by atoms with van der Waals surface area (Å²) in [4.78, 5) is 24.4. The number of nitrogens with one attached hydrogen (secondary N) is 1. The van der Waals surface area contributed by atoms with Crippen LogP contribution in [0, 0.1) is 5.82 Å². The molecule has 0 spiro atoms. The number of aromatic amines is 1. The van der Waals surface area contributed by atoms with Gasteiger partial charge in [0, 0.05) is 5.39 Å². The minimum atomic E-state index is -1.04. The molecule has 0 saturated carbocycles. The highest BCUT2D eigenvalue weighted by molar-refractivity contribution is 5.78. The Labute approximate surface area is 82.6 Å². The Morgan fingerprint density at radius 3 is 2.67 bits per heavy atom. The summed E-state index contributed by atoms with van der Waals surface area (Å²) in [5.74, 6) is -1.19. The number of hydrogen-bond donors (Lipinski definition) is 2. The maximum Gasteiger partial charge on any atom is 0.300 e. The van der Waals surface area contributed by atoms with Crippen molar-refractivity contribution in [3.63, 3.8) is 0 Å². The lowest BCUT2D eigenvalue weighted by atomic mass is 10.2. The third kappa shape index (κ3) is 1.59. The summed E-state index contributed by atoms with van der Waals surface area (Å²) in [5, 5.41) is 9.58. The zero-order valence-electron chi connectivity index (χ0n) is 7.45. The predicted octanol–water partition coefficient (Wildman–Crippen LogP) is 0.733. The summed E-state index contributed by atoms with van der Waals surface area (Å²) < 4.78 is 12.8. The predicted molar refractivity (Wildman–Crippen MR) is 52.5 cm³/mol. The molecule has 0 fully saturated rings. The normalized spacial score (nSPS) is 10.5. The molecule has 2 rings (SSSR count). The summed E-state index contributed by atoms with van der Waals surface area (Å²) in [6.45, 7) is 0. The van der Waals surface area contributed by atoms with E-state index in [9.17, 15) is 19.1 Å². The van der Waals surface area contributed by atoms with Crippen molar-refractivity contribution in [2.45, 2.75) is 0 Å². The average Bonchev–Trinajstić information content (AvgIpc) is 2.29. The fourth-order valence-electron chi connectivity index (χ4n) is 1.27. The molecular formula is C10H6FNO3. The van der Waals surface area contributed by atoms with Gasteiger partial charge in [0.25, 0.3) is 11.0 Å². The number of fused-ring (bicyclic) bond motifs is 1. The van der Waals surface area contributed by atoms with E-state index in [0.717, 1.165) is 12.1 Å². The molecule has 0 saturated heterocycles. The molecule has 0 atom stereocenters. The van der Waals surface area contributed by atoms with Gasteiger partial charge in [-0.2, -0.15) is 0 Å². The zero-order valence-corrected chi connectivity index (χ0v) is 7.45. The minimum Gasteiger partial charge on any atom is -0.504 e. The van der Waals surface area contributed by atoms with Crippen LogP contribution in [-0.4, -0.2) is 10.1 Å². The summed E-state index contributed by atoms with van der Waals surface area (Å²) in [5.41, 5.74) is -1.85. The summed E-state index contributed by atoms with van der Waals surface area (Å²) >= 11 is 0. The van der Waals surface area contributed by atoms with E-state index in [2.05, 4.69) is 4.98 Å². The van der Waals surface area contributed by atoms with Crippen LogP contribution in [0.5, 0.6) is 5.75 Å². The number of H-pyrrole nitrogens is 1. The Morgan fingerprint density at radius 1 is 1.20 bits per heavy atom.